The Morgan fingerprint density at radius 2 is 2.11 bits per heavy atom. The van der Waals surface area contributed by atoms with Crippen LogP contribution in [0.2, 0.25) is 0 Å². The molecule has 1 saturated carbocycles. The van der Waals surface area contributed by atoms with Crippen LogP contribution in [-0.4, -0.2) is 41.2 Å². The molecule has 0 unspecified atom stereocenters. The third-order valence-corrected chi connectivity index (χ3v) is 7.31. The summed E-state index contributed by atoms with van der Waals surface area (Å²) < 4.78 is 4.11. The van der Waals surface area contributed by atoms with Crippen LogP contribution in [0.5, 0.6) is 0 Å². The van der Waals surface area contributed by atoms with E-state index in [4.69, 9.17) is 5.73 Å². The molecule has 0 bridgehead atoms. The van der Waals surface area contributed by atoms with E-state index in [2.05, 4.69) is 56.9 Å². The lowest BCUT2D eigenvalue weighted by atomic mass is 9.59. The van der Waals surface area contributed by atoms with Gasteiger partial charge in [0.05, 0.1) is 28.3 Å². The average molecular weight is 473 g/mol. The number of pyridine rings is 2. The van der Waals surface area contributed by atoms with Crippen molar-refractivity contribution in [2.45, 2.75) is 58.0 Å². The van der Waals surface area contributed by atoms with Crippen molar-refractivity contribution in [3.05, 3.63) is 65.8 Å². The van der Waals surface area contributed by atoms with E-state index in [0.717, 1.165) is 52.9 Å². The van der Waals surface area contributed by atoms with Gasteiger partial charge in [0.1, 0.15) is 17.8 Å². The summed E-state index contributed by atoms with van der Waals surface area (Å²) in [6, 6.07) is 6.25. The van der Waals surface area contributed by atoms with Crippen LogP contribution in [0.25, 0.3) is 16.7 Å². The third kappa shape index (κ3) is 3.99. The predicted octanol–water partition coefficient (Wildman–Crippen LogP) is 3.25. The molecule has 182 valence electrons. The molecule has 3 N–H and O–H groups in total. The van der Waals surface area contributed by atoms with E-state index in [1.165, 1.54) is 0 Å². The molecular formula is C26H32N8O. The summed E-state index contributed by atoms with van der Waals surface area (Å²) >= 11 is 0. The van der Waals surface area contributed by atoms with Gasteiger partial charge in [-0.3, -0.25) is 9.78 Å². The fraction of sp³-hybridized carbons (Fsp3) is 0.423. The fourth-order valence-electron chi connectivity index (χ4n) is 5.35. The lowest BCUT2D eigenvalue weighted by Crippen LogP contribution is -2.43. The number of primary amides is 1. The van der Waals surface area contributed by atoms with Gasteiger partial charge in [0.2, 0.25) is 0 Å². The Morgan fingerprint density at radius 3 is 2.77 bits per heavy atom. The van der Waals surface area contributed by atoms with Gasteiger partial charge in [-0.1, -0.05) is 13.8 Å². The quantitative estimate of drug-likeness (QED) is 0.407. The van der Waals surface area contributed by atoms with Gasteiger partial charge in [-0.05, 0) is 61.4 Å². The second kappa shape index (κ2) is 8.88. The van der Waals surface area contributed by atoms with Gasteiger partial charge in [0.15, 0.2) is 0 Å². The van der Waals surface area contributed by atoms with E-state index >= 15 is 0 Å². The summed E-state index contributed by atoms with van der Waals surface area (Å²) in [6.07, 6.45) is 10.6. The number of fused-ring (bicyclic) bond motifs is 1. The molecule has 1 atom stereocenters. The number of aromatic nitrogens is 6. The minimum Gasteiger partial charge on any atom is -0.364 e. The maximum absolute atomic E-state index is 11.9. The van der Waals surface area contributed by atoms with Gasteiger partial charge in [-0.15, -0.1) is 10.2 Å². The van der Waals surface area contributed by atoms with Gasteiger partial charge in [-0.25, -0.2) is 4.98 Å². The number of nitrogens with two attached hydrogens (primary N) is 1. The van der Waals surface area contributed by atoms with Crippen LogP contribution < -0.4 is 11.1 Å². The first kappa shape index (κ1) is 23.2. The van der Waals surface area contributed by atoms with Gasteiger partial charge < -0.3 is 20.2 Å². The number of nitrogens with one attached hydrogen (secondary N) is 1. The Labute approximate surface area is 204 Å². The second-order valence-electron chi connectivity index (χ2n) is 9.93. The molecule has 9 heteroatoms. The van der Waals surface area contributed by atoms with Crippen molar-refractivity contribution in [2.75, 3.05) is 0 Å². The highest BCUT2D eigenvalue weighted by atomic mass is 16.1. The number of aryl methyl sites for hydroxylation is 1. The number of hydrogen-bond acceptors (Lipinski definition) is 6. The molecule has 0 saturated heterocycles. The molecular weight excluding hydrogens is 440 g/mol. The van der Waals surface area contributed by atoms with Crippen LogP contribution in [0.4, 0.5) is 0 Å². The fourth-order valence-corrected chi connectivity index (χ4v) is 5.35. The number of carbonyl (C=O) groups is 1. The molecule has 4 heterocycles. The maximum Gasteiger partial charge on any atom is 0.267 e. The Balaban J connectivity index is 1.62. The molecule has 1 aliphatic rings. The Kier molecular flexibility index (Phi) is 5.88. The van der Waals surface area contributed by atoms with Gasteiger partial charge in [-0.2, -0.15) is 0 Å². The Bertz CT molecular complexity index is 1380. The molecule has 1 aliphatic carbocycles. The Morgan fingerprint density at radius 1 is 1.31 bits per heavy atom. The lowest BCUT2D eigenvalue weighted by Gasteiger charge is -2.45. The van der Waals surface area contributed by atoms with Crippen molar-refractivity contribution < 1.29 is 4.79 Å². The number of rotatable bonds is 8. The Hall–Kier alpha value is -3.59. The summed E-state index contributed by atoms with van der Waals surface area (Å²) in [5.74, 6) is 1.05. The topological polar surface area (TPSA) is 117 Å². The lowest BCUT2D eigenvalue weighted by molar-refractivity contribution is 0.0996. The first-order valence-electron chi connectivity index (χ1n) is 12.2. The normalized spacial score (nSPS) is 20.6. The highest BCUT2D eigenvalue weighted by molar-refractivity contribution is 5.94. The summed E-state index contributed by atoms with van der Waals surface area (Å²) in [5, 5.41) is 12.1. The smallest absolute Gasteiger partial charge is 0.267 e. The molecule has 0 aliphatic heterocycles. The molecule has 0 spiro atoms. The van der Waals surface area contributed by atoms with E-state index in [1.54, 1.807) is 12.4 Å². The van der Waals surface area contributed by atoms with Crippen molar-refractivity contribution in [1.29, 1.82) is 0 Å². The van der Waals surface area contributed by atoms with Crippen LogP contribution in [-0.2, 0) is 19.0 Å². The largest absolute Gasteiger partial charge is 0.364 e. The van der Waals surface area contributed by atoms with E-state index in [9.17, 15) is 4.79 Å². The highest BCUT2D eigenvalue weighted by Gasteiger charge is 2.48. The minimum atomic E-state index is -0.530. The summed E-state index contributed by atoms with van der Waals surface area (Å²) in [4.78, 5) is 21.1. The van der Waals surface area contributed by atoms with E-state index in [0.29, 0.717) is 18.5 Å². The monoisotopic (exact) mass is 472 g/mol. The number of nitrogens with zero attached hydrogens (tertiary/aromatic N) is 6. The first-order chi connectivity index (χ1) is 16.8. The van der Waals surface area contributed by atoms with Gasteiger partial charge in [0, 0.05) is 32.0 Å². The maximum atomic E-state index is 11.9. The van der Waals surface area contributed by atoms with Gasteiger partial charge in [0.25, 0.3) is 5.91 Å². The van der Waals surface area contributed by atoms with E-state index in [1.807, 2.05) is 36.3 Å². The molecule has 1 fully saturated rings. The number of amides is 1. The second-order valence-corrected chi connectivity index (χ2v) is 9.93. The van der Waals surface area contributed by atoms with Crippen LogP contribution in [0, 0.1) is 5.92 Å². The summed E-state index contributed by atoms with van der Waals surface area (Å²) in [5.41, 5.74) is 10.4. The van der Waals surface area contributed by atoms with Crippen molar-refractivity contribution in [2.24, 2.45) is 18.7 Å². The van der Waals surface area contributed by atoms with E-state index < -0.39 is 5.91 Å². The zero-order chi connectivity index (χ0) is 24.7. The van der Waals surface area contributed by atoms with Crippen molar-refractivity contribution in [3.63, 3.8) is 0 Å². The van der Waals surface area contributed by atoms with Crippen LogP contribution >= 0.6 is 0 Å². The van der Waals surface area contributed by atoms with E-state index in [-0.39, 0.29) is 11.1 Å². The standard InChI is InChI=1S/C26H32N8O/c1-5-17(3)29-12-18-8-22(24(27)35)31-21-6-7-34(23(18)21)20-9-19(13-28-14-20)26(10-16(2)11-26)25-32-30-15-33(25)4/h6-9,13-17,29H,5,10-12H2,1-4H3,(H2,27,35)/t16?,17-,26?/m0/s1. The molecule has 0 aromatic carbocycles. The number of hydrogen-bond donors (Lipinski definition) is 2. The zero-order valence-electron chi connectivity index (χ0n) is 20.7. The van der Waals surface area contributed by atoms with Crippen molar-refractivity contribution in [1.82, 2.24) is 34.6 Å². The minimum absolute atomic E-state index is 0.199. The van der Waals surface area contributed by atoms with Gasteiger partial charge >= 0.3 is 0 Å². The number of carbonyl (C=O) groups excluding carboxylic acids is 1. The van der Waals surface area contributed by atoms with Crippen LogP contribution in [0.3, 0.4) is 0 Å². The zero-order valence-corrected chi connectivity index (χ0v) is 20.7. The predicted molar refractivity (Wildman–Crippen MR) is 134 cm³/mol. The molecule has 4 aromatic heterocycles. The molecule has 9 nitrogen and oxygen atoms in total. The molecule has 35 heavy (non-hydrogen) atoms. The first-order valence-corrected chi connectivity index (χ1v) is 12.2. The van der Waals surface area contributed by atoms with Crippen molar-refractivity contribution in [3.8, 4) is 5.69 Å². The summed E-state index contributed by atoms with van der Waals surface area (Å²) in [7, 11) is 2.00. The third-order valence-electron chi connectivity index (χ3n) is 7.31. The average Bonchev–Trinajstić information content (AvgIpc) is 3.46. The molecule has 0 radical (unpaired) electrons. The van der Waals surface area contributed by atoms with Crippen LogP contribution in [0.15, 0.2) is 43.1 Å². The highest BCUT2D eigenvalue weighted by Crippen LogP contribution is 2.51. The SMILES string of the molecule is CC[C@H](C)NCc1cc(C(N)=O)nc2ccn(-c3cncc(C4(c5nncn5C)CC(C)C4)c3)c12. The molecule has 1 amide bonds. The molecule has 5 rings (SSSR count). The summed E-state index contributed by atoms with van der Waals surface area (Å²) in [6.45, 7) is 7.16. The molecule has 4 aromatic rings. The van der Waals surface area contributed by atoms with Crippen molar-refractivity contribution >= 4 is 16.9 Å². The van der Waals surface area contributed by atoms with Crippen LogP contribution in [0.1, 0.15) is 67.5 Å².